The molecule has 0 aliphatic carbocycles. The van der Waals surface area contributed by atoms with Crippen LogP contribution >= 0.6 is 15.9 Å². The van der Waals surface area contributed by atoms with E-state index in [-0.39, 0.29) is 5.54 Å². The van der Waals surface area contributed by atoms with Gasteiger partial charge in [0.2, 0.25) is 11.8 Å². The van der Waals surface area contributed by atoms with E-state index in [1.807, 2.05) is 21.0 Å². The van der Waals surface area contributed by atoms with E-state index in [1.54, 1.807) is 6.20 Å². The third-order valence-electron chi connectivity index (χ3n) is 2.82. The van der Waals surface area contributed by atoms with Gasteiger partial charge in [0, 0.05) is 12.1 Å². The maximum absolute atomic E-state index is 5.77. The minimum atomic E-state index is -0.0528. The highest BCUT2D eigenvalue weighted by Gasteiger charge is 2.22. The molecule has 0 spiro atoms. The molecule has 1 aromatic rings. The van der Waals surface area contributed by atoms with E-state index in [9.17, 15) is 0 Å². The zero-order valence-corrected chi connectivity index (χ0v) is 13.2. The van der Waals surface area contributed by atoms with Crippen LogP contribution in [0.3, 0.4) is 0 Å². The Bertz CT molecular complexity index is 396. The van der Waals surface area contributed by atoms with Gasteiger partial charge in [-0.25, -0.2) is 4.98 Å². The molecule has 5 nitrogen and oxygen atoms in total. The summed E-state index contributed by atoms with van der Waals surface area (Å²) in [5.41, 5.74) is -0.0528. The summed E-state index contributed by atoms with van der Waals surface area (Å²) < 4.78 is 6.53. The quantitative estimate of drug-likeness (QED) is 0.873. The number of ether oxygens (including phenoxy) is 1. The number of anilines is 1. The van der Waals surface area contributed by atoms with Crippen LogP contribution in [0, 0.1) is 0 Å². The number of aromatic nitrogens is 2. The molecule has 0 aromatic carbocycles. The number of nitrogens with one attached hydrogen (secondary N) is 1. The van der Waals surface area contributed by atoms with E-state index >= 15 is 0 Å². The highest BCUT2D eigenvalue weighted by molar-refractivity contribution is 9.10. The first-order valence-corrected chi connectivity index (χ1v) is 6.72. The Hall–Kier alpha value is -0.880. The van der Waals surface area contributed by atoms with E-state index < -0.39 is 0 Å². The van der Waals surface area contributed by atoms with Crippen LogP contribution in [0.15, 0.2) is 10.7 Å². The Balaban J connectivity index is 2.75. The summed E-state index contributed by atoms with van der Waals surface area (Å²) in [5, 5.41) is 3.06. The Labute approximate surface area is 117 Å². The van der Waals surface area contributed by atoms with Crippen molar-refractivity contribution in [2.24, 2.45) is 0 Å². The zero-order chi connectivity index (χ0) is 13.8. The lowest BCUT2D eigenvalue weighted by Gasteiger charge is -2.32. The van der Waals surface area contributed by atoms with Gasteiger partial charge in [0.1, 0.15) is 6.61 Å². The molecule has 102 valence electrons. The van der Waals surface area contributed by atoms with Crippen LogP contribution in [0.5, 0.6) is 5.88 Å². The Morgan fingerprint density at radius 1 is 1.44 bits per heavy atom. The molecule has 6 heteroatoms. The lowest BCUT2D eigenvalue weighted by atomic mass is 10.1. The predicted molar refractivity (Wildman–Crippen MR) is 77.2 cm³/mol. The Kier molecular flexibility index (Phi) is 5.34. The molecule has 0 atom stereocenters. The maximum atomic E-state index is 5.77. The van der Waals surface area contributed by atoms with Crippen molar-refractivity contribution in [1.29, 1.82) is 0 Å². The first-order valence-electron chi connectivity index (χ1n) is 5.93. The zero-order valence-electron chi connectivity index (χ0n) is 11.6. The van der Waals surface area contributed by atoms with Crippen molar-refractivity contribution in [3.63, 3.8) is 0 Å². The van der Waals surface area contributed by atoms with Gasteiger partial charge >= 0.3 is 0 Å². The van der Waals surface area contributed by atoms with Gasteiger partial charge in [-0.3, -0.25) is 0 Å². The van der Waals surface area contributed by atoms with Crippen LogP contribution in [0.2, 0.25) is 0 Å². The van der Waals surface area contributed by atoms with E-state index in [1.165, 1.54) is 0 Å². The van der Waals surface area contributed by atoms with E-state index in [2.05, 4.69) is 50.0 Å². The Morgan fingerprint density at radius 3 is 2.67 bits per heavy atom. The molecule has 1 heterocycles. The van der Waals surface area contributed by atoms with E-state index in [0.717, 1.165) is 11.0 Å². The molecule has 0 aliphatic heterocycles. The second kappa shape index (κ2) is 6.33. The van der Waals surface area contributed by atoms with Crippen molar-refractivity contribution in [1.82, 2.24) is 14.9 Å². The second-order valence-corrected chi connectivity index (χ2v) is 5.73. The summed E-state index contributed by atoms with van der Waals surface area (Å²) in [5.74, 6) is 1.15. The highest BCUT2D eigenvalue weighted by atomic mass is 79.9. The van der Waals surface area contributed by atoms with Crippen molar-refractivity contribution in [3.8, 4) is 5.88 Å². The molecule has 1 N–H and O–H groups in total. The van der Waals surface area contributed by atoms with Crippen molar-refractivity contribution in [3.05, 3.63) is 10.7 Å². The third-order valence-corrected chi connectivity index (χ3v) is 3.36. The minimum Gasteiger partial charge on any atom is -0.475 e. The van der Waals surface area contributed by atoms with Crippen LogP contribution in [-0.2, 0) is 0 Å². The van der Waals surface area contributed by atoms with Crippen LogP contribution in [-0.4, -0.2) is 47.7 Å². The summed E-state index contributed by atoms with van der Waals surface area (Å²) in [6, 6.07) is 0. The van der Waals surface area contributed by atoms with Crippen LogP contribution in [0.1, 0.15) is 20.8 Å². The fourth-order valence-corrected chi connectivity index (χ4v) is 1.38. The molecule has 0 aliphatic rings. The number of rotatable bonds is 6. The molecular weight excluding hydrogens is 296 g/mol. The number of likely N-dealkylation sites (N-methyl/N-ethyl adjacent to an activating group) is 1. The first kappa shape index (κ1) is 15.2. The number of halogens is 1. The number of hydrogen-bond acceptors (Lipinski definition) is 5. The van der Waals surface area contributed by atoms with Gasteiger partial charge in [-0.15, -0.1) is 0 Å². The van der Waals surface area contributed by atoms with E-state index in [4.69, 9.17) is 4.74 Å². The molecule has 0 unspecified atom stereocenters. The normalized spacial score (nSPS) is 11.7. The molecule has 1 rings (SSSR count). The van der Waals surface area contributed by atoms with Gasteiger partial charge in [0.05, 0.1) is 10.7 Å². The first-order chi connectivity index (χ1) is 8.36. The van der Waals surface area contributed by atoms with Gasteiger partial charge in [-0.2, -0.15) is 4.98 Å². The van der Waals surface area contributed by atoms with E-state index in [0.29, 0.717) is 18.4 Å². The summed E-state index contributed by atoms with van der Waals surface area (Å²) in [6.45, 7) is 7.58. The SMILES string of the molecule is CCNc1ncc(Br)c(OCC(C)(C)N(C)C)n1. The molecule has 0 radical (unpaired) electrons. The van der Waals surface area contributed by atoms with Crippen molar-refractivity contribution < 1.29 is 4.74 Å². The lowest BCUT2D eigenvalue weighted by molar-refractivity contribution is 0.110. The standard InChI is InChI=1S/C12H21BrN4O/c1-6-14-11-15-7-9(13)10(16-11)18-8-12(2,3)17(4)5/h7H,6,8H2,1-5H3,(H,14,15,16). The molecule has 0 saturated carbocycles. The van der Waals surface area contributed by atoms with Gasteiger partial charge in [-0.05, 0) is 50.8 Å². The van der Waals surface area contributed by atoms with Crippen LogP contribution in [0.25, 0.3) is 0 Å². The van der Waals surface area contributed by atoms with Crippen molar-refractivity contribution in [2.75, 3.05) is 32.6 Å². The number of nitrogens with zero attached hydrogens (tertiary/aromatic N) is 3. The number of hydrogen-bond donors (Lipinski definition) is 1. The average molecular weight is 317 g/mol. The van der Waals surface area contributed by atoms with Gasteiger partial charge in [0.25, 0.3) is 0 Å². The van der Waals surface area contributed by atoms with Crippen LogP contribution < -0.4 is 10.1 Å². The second-order valence-electron chi connectivity index (χ2n) is 4.87. The maximum Gasteiger partial charge on any atom is 0.232 e. The monoisotopic (exact) mass is 316 g/mol. The molecule has 18 heavy (non-hydrogen) atoms. The van der Waals surface area contributed by atoms with Crippen LogP contribution in [0.4, 0.5) is 5.95 Å². The Morgan fingerprint density at radius 2 is 2.11 bits per heavy atom. The minimum absolute atomic E-state index is 0.0528. The summed E-state index contributed by atoms with van der Waals surface area (Å²) >= 11 is 3.39. The highest BCUT2D eigenvalue weighted by Crippen LogP contribution is 2.24. The summed E-state index contributed by atoms with van der Waals surface area (Å²) in [4.78, 5) is 10.6. The van der Waals surface area contributed by atoms with Crippen molar-refractivity contribution in [2.45, 2.75) is 26.3 Å². The fourth-order valence-electron chi connectivity index (χ4n) is 1.07. The molecule has 1 aromatic heterocycles. The smallest absolute Gasteiger partial charge is 0.232 e. The predicted octanol–water partition coefficient (Wildman–Crippen LogP) is 2.39. The summed E-state index contributed by atoms with van der Waals surface area (Å²) in [7, 11) is 4.06. The lowest BCUT2D eigenvalue weighted by Crippen LogP contribution is -2.43. The fraction of sp³-hybridized carbons (Fsp3) is 0.667. The molecule has 0 saturated heterocycles. The largest absolute Gasteiger partial charge is 0.475 e. The molecule has 0 amide bonds. The molecular formula is C12H21BrN4O. The molecule has 0 bridgehead atoms. The van der Waals surface area contributed by atoms with Crippen molar-refractivity contribution >= 4 is 21.9 Å². The van der Waals surface area contributed by atoms with Gasteiger partial charge in [-0.1, -0.05) is 0 Å². The van der Waals surface area contributed by atoms with Gasteiger partial charge < -0.3 is 15.0 Å². The molecule has 0 fully saturated rings. The topological polar surface area (TPSA) is 50.3 Å². The van der Waals surface area contributed by atoms with Gasteiger partial charge in [0.15, 0.2) is 0 Å². The summed E-state index contributed by atoms with van der Waals surface area (Å²) in [6.07, 6.45) is 1.70. The average Bonchev–Trinajstić information content (AvgIpc) is 2.30. The third kappa shape index (κ3) is 4.10.